The van der Waals surface area contributed by atoms with E-state index < -0.39 is 6.37 Å². The van der Waals surface area contributed by atoms with E-state index in [-0.39, 0.29) is 31.0 Å². The summed E-state index contributed by atoms with van der Waals surface area (Å²) in [6.07, 6.45) is -1.93. The third-order valence-corrected chi connectivity index (χ3v) is 6.51. The lowest BCUT2D eigenvalue weighted by molar-refractivity contribution is 0.0986. The number of rotatable bonds is 4. The number of benzene rings is 4. The molecular formula is C32H26N4O2. The number of nitrogens with one attached hydrogen (secondary N) is 2. The maximum Gasteiger partial charge on any atom is 0.258 e. The number of anilines is 2. The van der Waals surface area contributed by atoms with Gasteiger partial charge >= 0.3 is 0 Å². The minimum absolute atomic E-state index is 0.103. The van der Waals surface area contributed by atoms with Gasteiger partial charge in [0.1, 0.15) is 5.82 Å². The molecule has 0 atom stereocenters. The van der Waals surface area contributed by atoms with E-state index in [1.54, 1.807) is 48.5 Å². The molecule has 1 aliphatic heterocycles. The number of para-hydroxylation sites is 1. The summed E-state index contributed by atoms with van der Waals surface area (Å²) in [4.78, 5) is 35.8. The Morgan fingerprint density at radius 1 is 0.895 bits per heavy atom. The van der Waals surface area contributed by atoms with Crippen LogP contribution in [-0.4, -0.2) is 28.3 Å². The van der Waals surface area contributed by atoms with Crippen molar-refractivity contribution >= 4 is 23.2 Å². The molecule has 0 unspecified atom stereocenters. The zero-order valence-corrected chi connectivity index (χ0v) is 20.4. The van der Waals surface area contributed by atoms with Gasteiger partial charge < -0.3 is 15.2 Å². The number of fused-ring (bicyclic) bond motifs is 3. The molecule has 6 heteroatoms. The van der Waals surface area contributed by atoms with Crippen LogP contribution in [0.15, 0.2) is 103 Å². The average Bonchev–Trinajstić information content (AvgIpc) is 3.43. The number of hydrogen-bond acceptors (Lipinski definition) is 3. The summed E-state index contributed by atoms with van der Waals surface area (Å²) < 4.78 is 25.2. The molecule has 186 valence electrons. The molecule has 0 bridgehead atoms. The molecule has 6 nitrogen and oxygen atoms in total. The second-order valence-electron chi connectivity index (χ2n) is 8.94. The van der Waals surface area contributed by atoms with Gasteiger partial charge in [0.05, 0.1) is 11.4 Å². The molecule has 2 amide bonds. The van der Waals surface area contributed by atoms with Gasteiger partial charge in [0.2, 0.25) is 0 Å². The number of imidazole rings is 1. The third kappa shape index (κ3) is 4.37. The molecule has 0 fully saturated rings. The van der Waals surface area contributed by atoms with Crippen molar-refractivity contribution in [2.45, 2.75) is 13.3 Å². The lowest BCUT2D eigenvalue weighted by atomic mass is 9.99. The Balaban J connectivity index is 1.26. The molecule has 1 aromatic heterocycles. The number of aromatic amines is 1. The standard InChI is InChI=1S/C32H26N4O2/c1-21-33-28-19-20-36(29-14-8-7-13-27(29)30(28)34-21)32(38)23-15-17-24(18-16-23)35-31(37)26-12-6-5-11-25(26)22-9-3-2-4-10-22/h2-18H,19-20H2,1H3,(H,33,34)(H,35,37)/i1D,19D2. The highest BCUT2D eigenvalue weighted by Crippen LogP contribution is 2.36. The van der Waals surface area contributed by atoms with Crippen LogP contribution in [-0.2, 0) is 6.37 Å². The van der Waals surface area contributed by atoms with E-state index in [1.165, 1.54) is 4.90 Å². The molecule has 0 saturated carbocycles. The van der Waals surface area contributed by atoms with Gasteiger partial charge in [0.25, 0.3) is 11.8 Å². The molecule has 6 rings (SSSR count). The number of nitrogens with zero attached hydrogens (tertiary/aromatic N) is 2. The van der Waals surface area contributed by atoms with Gasteiger partial charge in [-0.05, 0) is 54.4 Å². The van der Waals surface area contributed by atoms with Crippen molar-refractivity contribution in [1.29, 1.82) is 0 Å². The number of H-pyrrole nitrogens is 1. The van der Waals surface area contributed by atoms with Crippen LogP contribution in [0.25, 0.3) is 22.4 Å². The Morgan fingerprint density at radius 3 is 2.39 bits per heavy atom. The van der Waals surface area contributed by atoms with Crippen molar-refractivity contribution in [1.82, 2.24) is 9.97 Å². The number of aryl methyl sites for hydroxylation is 1. The summed E-state index contributed by atoms with van der Waals surface area (Å²) in [6.45, 7) is -0.334. The Morgan fingerprint density at radius 2 is 1.61 bits per heavy atom. The second kappa shape index (κ2) is 9.82. The Bertz CT molecular complexity index is 1750. The van der Waals surface area contributed by atoms with E-state index in [2.05, 4.69) is 15.3 Å². The lowest BCUT2D eigenvalue weighted by Crippen LogP contribution is -2.32. The van der Waals surface area contributed by atoms with Crippen LogP contribution in [0.5, 0.6) is 0 Å². The van der Waals surface area contributed by atoms with E-state index in [0.717, 1.165) is 11.1 Å². The van der Waals surface area contributed by atoms with Crippen LogP contribution >= 0.6 is 0 Å². The third-order valence-electron chi connectivity index (χ3n) is 6.51. The molecule has 0 radical (unpaired) electrons. The van der Waals surface area contributed by atoms with E-state index in [9.17, 15) is 9.59 Å². The minimum Gasteiger partial charge on any atom is -0.346 e. The van der Waals surface area contributed by atoms with Gasteiger partial charge in [0.15, 0.2) is 0 Å². The van der Waals surface area contributed by atoms with Crippen molar-refractivity contribution < 1.29 is 13.7 Å². The molecule has 0 spiro atoms. The number of hydrogen-bond donors (Lipinski definition) is 2. The number of amides is 2. The maximum atomic E-state index is 13.8. The SMILES string of the molecule is [2H]Cc1nc2c([nH]1)C([2H])([2H])CN(C(=O)c1ccc(NC(=O)c3ccccc3-c3ccccc3)cc1)c1ccccc1-2. The Kier molecular flexibility index (Phi) is 5.20. The number of carbonyl (C=O) groups is 2. The predicted molar refractivity (Wildman–Crippen MR) is 150 cm³/mol. The van der Waals surface area contributed by atoms with E-state index in [1.807, 2.05) is 54.6 Å². The van der Waals surface area contributed by atoms with Gasteiger partial charge in [-0.1, -0.05) is 66.7 Å². The highest BCUT2D eigenvalue weighted by atomic mass is 16.2. The van der Waals surface area contributed by atoms with Crippen molar-refractivity contribution in [2.75, 3.05) is 16.8 Å². The zero-order chi connectivity index (χ0) is 28.6. The zero-order valence-electron chi connectivity index (χ0n) is 23.4. The fourth-order valence-corrected chi connectivity index (χ4v) is 4.68. The van der Waals surface area contributed by atoms with Crippen molar-refractivity contribution in [3.8, 4) is 22.4 Å². The van der Waals surface area contributed by atoms with Crippen molar-refractivity contribution in [3.05, 3.63) is 126 Å². The van der Waals surface area contributed by atoms with E-state index in [0.29, 0.717) is 39.6 Å². The first-order chi connectivity index (χ1) is 19.9. The second-order valence-corrected chi connectivity index (χ2v) is 8.94. The first-order valence-corrected chi connectivity index (χ1v) is 12.2. The molecular weight excluding hydrogens is 472 g/mol. The Labute approximate surface area is 225 Å². The van der Waals surface area contributed by atoms with Gasteiger partial charge in [0, 0.05) is 45.1 Å². The van der Waals surface area contributed by atoms with Gasteiger partial charge in [-0.15, -0.1) is 0 Å². The van der Waals surface area contributed by atoms with Crippen molar-refractivity contribution in [2.24, 2.45) is 0 Å². The Hall–Kier alpha value is -4.97. The number of aromatic nitrogens is 2. The van der Waals surface area contributed by atoms with Gasteiger partial charge in [-0.2, -0.15) is 0 Å². The number of carbonyl (C=O) groups excluding carboxylic acids is 2. The lowest BCUT2D eigenvalue weighted by Gasteiger charge is -2.23. The molecule has 2 heterocycles. The van der Waals surface area contributed by atoms with Crippen LogP contribution in [0.3, 0.4) is 0 Å². The maximum absolute atomic E-state index is 13.8. The highest BCUT2D eigenvalue weighted by Gasteiger charge is 2.26. The van der Waals surface area contributed by atoms with E-state index in [4.69, 9.17) is 4.11 Å². The van der Waals surface area contributed by atoms with E-state index >= 15 is 0 Å². The smallest absolute Gasteiger partial charge is 0.258 e. The molecule has 38 heavy (non-hydrogen) atoms. The quantitative estimate of drug-likeness (QED) is 0.295. The highest BCUT2D eigenvalue weighted by molar-refractivity contribution is 6.10. The fraction of sp³-hybridized carbons (Fsp3) is 0.0938. The van der Waals surface area contributed by atoms with Crippen LogP contribution < -0.4 is 10.2 Å². The van der Waals surface area contributed by atoms with Crippen LogP contribution in [0.4, 0.5) is 11.4 Å². The van der Waals surface area contributed by atoms with Gasteiger partial charge in [-0.3, -0.25) is 9.59 Å². The summed E-state index contributed by atoms with van der Waals surface area (Å²) in [5.74, 6) is -0.268. The normalized spacial score (nSPS) is 14.7. The predicted octanol–water partition coefficient (Wildman–Crippen LogP) is 6.51. The monoisotopic (exact) mass is 501 g/mol. The first-order valence-electron chi connectivity index (χ1n) is 13.9. The fourth-order valence-electron chi connectivity index (χ4n) is 4.68. The molecule has 0 aliphatic carbocycles. The topological polar surface area (TPSA) is 78.1 Å². The van der Waals surface area contributed by atoms with Crippen LogP contribution in [0.1, 0.15) is 36.3 Å². The summed E-state index contributed by atoms with van der Waals surface area (Å²) in [6, 6.07) is 30.8. The van der Waals surface area contributed by atoms with Crippen LogP contribution in [0.2, 0.25) is 0 Å². The first kappa shape index (κ1) is 20.1. The minimum atomic E-state index is -1.93. The molecule has 2 N–H and O–H groups in total. The summed E-state index contributed by atoms with van der Waals surface area (Å²) >= 11 is 0. The van der Waals surface area contributed by atoms with Crippen molar-refractivity contribution in [3.63, 3.8) is 0 Å². The van der Waals surface area contributed by atoms with Crippen LogP contribution in [0, 0.1) is 6.90 Å². The molecule has 4 aromatic carbocycles. The summed E-state index contributed by atoms with van der Waals surface area (Å²) in [5, 5.41) is 2.92. The van der Waals surface area contributed by atoms with Gasteiger partial charge in [-0.25, -0.2) is 4.98 Å². The summed E-state index contributed by atoms with van der Waals surface area (Å²) in [5.41, 5.74) is 5.01. The molecule has 5 aromatic rings. The largest absolute Gasteiger partial charge is 0.346 e. The average molecular weight is 502 g/mol. The molecule has 1 aliphatic rings. The summed E-state index contributed by atoms with van der Waals surface area (Å²) in [7, 11) is 0. The molecule has 0 saturated heterocycles.